The number of fused-ring (bicyclic) bond motifs is 1. The molecule has 0 atom stereocenters. The van der Waals surface area contributed by atoms with Crippen molar-refractivity contribution in [1.82, 2.24) is 0 Å². The van der Waals surface area contributed by atoms with E-state index in [1.807, 2.05) is 12.1 Å². The molecule has 1 N–H and O–H groups in total. The first-order valence-corrected chi connectivity index (χ1v) is 11.0. The monoisotopic (exact) mass is 446 g/mol. The molecule has 1 aliphatic heterocycles. The molecule has 5 nitrogen and oxygen atoms in total. The standard InChI is InChI=1S/C21H16Cl2N2O3S/c22-16-6-8-17(9-7-16)24-21(26)15-5-10-18(23)20(13-15)29(27,28)25-12-11-14-3-1-2-4-19(14)25/h1-10,13H,11-12H2,(H,24,26). The number of para-hydroxylation sites is 1. The van der Waals surface area contributed by atoms with Crippen LogP contribution >= 0.6 is 23.2 Å². The van der Waals surface area contributed by atoms with Gasteiger partial charge >= 0.3 is 0 Å². The average Bonchev–Trinajstić information content (AvgIpc) is 3.15. The van der Waals surface area contributed by atoms with Gasteiger partial charge in [0.1, 0.15) is 4.90 Å². The van der Waals surface area contributed by atoms with E-state index in [1.54, 1.807) is 36.4 Å². The number of rotatable bonds is 4. The van der Waals surface area contributed by atoms with Gasteiger partial charge in [-0.15, -0.1) is 0 Å². The number of anilines is 2. The van der Waals surface area contributed by atoms with E-state index in [1.165, 1.54) is 22.5 Å². The van der Waals surface area contributed by atoms with Crippen molar-refractivity contribution in [1.29, 1.82) is 0 Å². The molecular formula is C21H16Cl2N2O3S. The minimum absolute atomic E-state index is 0.0671. The van der Waals surface area contributed by atoms with Crippen LogP contribution < -0.4 is 9.62 Å². The van der Waals surface area contributed by atoms with Crippen molar-refractivity contribution in [3.05, 3.63) is 87.9 Å². The van der Waals surface area contributed by atoms with Crippen LogP contribution in [0.15, 0.2) is 71.6 Å². The zero-order chi connectivity index (χ0) is 20.6. The Hall–Kier alpha value is -2.54. The third kappa shape index (κ3) is 3.83. The summed E-state index contributed by atoms with van der Waals surface area (Å²) in [5, 5.41) is 3.34. The smallest absolute Gasteiger partial charge is 0.265 e. The summed E-state index contributed by atoms with van der Waals surface area (Å²) in [7, 11) is -3.91. The highest BCUT2D eigenvalue weighted by molar-refractivity contribution is 7.93. The van der Waals surface area contributed by atoms with Crippen LogP contribution in [0.2, 0.25) is 10.0 Å². The van der Waals surface area contributed by atoms with Crippen LogP contribution in [0.3, 0.4) is 0 Å². The Kier molecular flexibility index (Phi) is 5.25. The van der Waals surface area contributed by atoms with Gasteiger partial charge in [-0.3, -0.25) is 9.10 Å². The van der Waals surface area contributed by atoms with Crippen molar-refractivity contribution in [3.63, 3.8) is 0 Å². The minimum Gasteiger partial charge on any atom is -0.322 e. The number of benzene rings is 3. The number of halogens is 2. The van der Waals surface area contributed by atoms with Gasteiger partial charge in [0.05, 0.1) is 10.7 Å². The second-order valence-electron chi connectivity index (χ2n) is 6.56. The molecule has 1 amide bonds. The number of sulfonamides is 1. The molecule has 0 aliphatic carbocycles. The Bertz CT molecular complexity index is 1190. The SMILES string of the molecule is O=C(Nc1ccc(Cl)cc1)c1ccc(Cl)c(S(=O)(=O)N2CCc3ccccc32)c1. The largest absolute Gasteiger partial charge is 0.322 e. The van der Waals surface area contributed by atoms with Gasteiger partial charge in [-0.1, -0.05) is 41.4 Å². The molecule has 0 spiro atoms. The quantitative estimate of drug-likeness (QED) is 0.613. The fraction of sp³-hybridized carbons (Fsp3) is 0.0952. The van der Waals surface area contributed by atoms with Crippen LogP contribution in [0.4, 0.5) is 11.4 Å². The molecule has 0 saturated heterocycles. The Morgan fingerprint density at radius 1 is 0.966 bits per heavy atom. The molecule has 148 valence electrons. The molecule has 4 rings (SSSR count). The van der Waals surface area contributed by atoms with Crippen LogP contribution in [-0.2, 0) is 16.4 Å². The van der Waals surface area contributed by atoms with Crippen LogP contribution in [0.25, 0.3) is 0 Å². The molecule has 8 heteroatoms. The lowest BCUT2D eigenvalue weighted by molar-refractivity contribution is 0.102. The summed E-state index contributed by atoms with van der Waals surface area (Å²) < 4.78 is 27.9. The van der Waals surface area contributed by atoms with E-state index in [4.69, 9.17) is 23.2 Å². The molecular weight excluding hydrogens is 431 g/mol. The van der Waals surface area contributed by atoms with E-state index >= 15 is 0 Å². The predicted molar refractivity (Wildman–Crippen MR) is 116 cm³/mol. The van der Waals surface area contributed by atoms with Gasteiger partial charge in [-0.2, -0.15) is 0 Å². The fourth-order valence-electron chi connectivity index (χ4n) is 3.26. The van der Waals surface area contributed by atoms with Crippen molar-refractivity contribution in [2.75, 3.05) is 16.2 Å². The highest BCUT2D eigenvalue weighted by atomic mass is 35.5. The molecule has 0 fully saturated rings. The number of nitrogens with one attached hydrogen (secondary N) is 1. The van der Waals surface area contributed by atoms with Gasteiger partial charge in [0.15, 0.2) is 0 Å². The van der Waals surface area contributed by atoms with Crippen molar-refractivity contribution in [2.24, 2.45) is 0 Å². The molecule has 3 aromatic rings. The highest BCUT2D eigenvalue weighted by Gasteiger charge is 2.32. The lowest BCUT2D eigenvalue weighted by Gasteiger charge is -2.20. The summed E-state index contributed by atoms with van der Waals surface area (Å²) in [6, 6.07) is 18.2. The van der Waals surface area contributed by atoms with Crippen molar-refractivity contribution >= 4 is 50.5 Å². The Balaban J connectivity index is 1.66. The molecule has 0 bridgehead atoms. The molecule has 0 radical (unpaired) electrons. The number of amides is 1. The summed E-state index contributed by atoms with van der Waals surface area (Å²) in [6.07, 6.45) is 0.629. The van der Waals surface area contributed by atoms with Crippen molar-refractivity contribution in [3.8, 4) is 0 Å². The van der Waals surface area contributed by atoms with E-state index < -0.39 is 15.9 Å². The average molecular weight is 447 g/mol. The fourth-order valence-corrected chi connectivity index (χ4v) is 5.39. The van der Waals surface area contributed by atoms with Gasteiger partial charge in [0.2, 0.25) is 0 Å². The number of nitrogens with zero attached hydrogens (tertiary/aromatic N) is 1. The third-order valence-electron chi connectivity index (χ3n) is 4.71. The van der Waals surface area contributed by atoms with Crippen LogP contribution in [0.1, 0.15) is 15.9 Å². The number of carbonyl (C=O) groups excluding carboxylic acids is 1. The van der Waals surface area contributed by atoms with E-state index in [9.17, 15) is 13.2 Å². The van der Waals surface area contributed by atoms with E-state index in [2.05, 4.69) is 5.32 Å². The number of hydrogen-bond acceptors (Lipinski definition) is 3. The number of carbonyl (C=O) groups is 1. The first kappa shape index (κ1) is 19.8. The van der Waals surface area contributed by atoms with Gasteiger partial charge in [-0.25, -0.2) is 8.42 Å². The Morgan fingerprint density at radius 3 is 2.45 bits per heavy atom. The summed E-state index contributed by atoms with van der Waals surface area (Å²) in [5.41, 5.74) is 2.34. The molecule has 0 saturated carbocycles. The van der Waals surface area contributed by atoms with Gasteiger partial charge in [-0.05, 0) is 60.5 Å². The molecule has 1 aliphatic rings. The second kappa shape index (κ2) is 7.71. The maximum atomic E-state index is 13.3. The second-order valence-corrected chi connectivity index (χ2v) is 9.24. The minimum atomic E-state index is -3.91. The third-order valence-corrected chi connectivity index (χ3v) is 7.25. The molecule has 0 unspecified atom stereocenters. The zero-order valence-electron chi connectivity index (χ0n) is 15.1. The summed E-state index contributed by atoms with van der Waals surface area (Å²) in [4.78, 5) is 12.5. The summed E-state index contributed by atoms with van der Waals surface area (Å²) >= 11 is 12.1. The maximum absolute atomic E-state index is 13.3. The summed E-state index contributed by atoms with van der Waals surface area (Å²) in [6.45, 7) is 0.333. The lowest BCUT2D eigenvalue weighted by atomic mass is 10.2. The Morgan fingerprint density at radius 2 is 1.69 bits per heavy atom. The van der Waals surface area contributed by atoms with E-state index in [0.717, 1.165) is 5.56 Å². The number of hydrogen-bond donors (Lipinski definition) is 1. The van der Waals surface area contributed by atoms with Crippen molar-refractivity contribution in [2.45, 2.75) is 11.3 Å². The first-order chi connectivity index (χ1) is 13.9. The Labute approximate surface area is 178 Å². The van der Waals surface area contributed by atoms with Crippen LogP contribution in [-0.4, -0.2) is 20.9 Å². The van der Waals surface area contributed by atoms with Crippen LogP contribution in [0.5, 0.6) is 0 Å². The van der Waals surface area contributed by atoms with Gasteiger partial charge in [0.25, 0.3) is 15.9 Å². The highest BCUT2D eigenvalue weighted by Crippen LogP contribution is 2.35. The molecule has 29 heavy (non-hydrogen) atoms. The predicted octanol–water partition coefficient (Wildman–Crippen LogP) is 5.00. The van der Waals surface area contributed by atoms with E-state index in [0.29, 0.717) is 29.4 Å². The zero-order valence-corrected chi connectivity index (χ0v) is 17.4. The first-order valence-electron chi connectivity index (χ1n) is 8.83. The molecule has 3 aromatic carbocycles. The van der Waals surface area contributed by atoms with Crippen LogP contribution in [0, 0.1) is 0 Å². The molecule has 0 aromatic heterocycles. The summed E-state index contributed by atoms with van der Waals surface area (Å²) in [5.74, 6) is -0.442. The van der Waals surface area contributed by atoms with Gasteiger partial charge in [0, 0.05) is 22.8 Å². The molecule has 1 heterocycles. The maximum Gasteiger partial charge on any atom is 0.265 e. The lowest BCUT2D eigenvalue weighted by Crippen LogP contribution is -2.29. The van der Waals surface area contributed by atoms with Crippen molar-refractivity contribution < 1.29 is 13.2 Å². The normalized spacial score (nSPS) is 13.2. The van der Waals surface area contributed by atoms with E-state index in [-0.39, 0.29) is 15.5 Å². The topological polar surface area (TPSA) is 66.5 Å². The van der Waals surface area contributed by atoms with Gasteiger partial charge < -0.3 is 5.32 Å².